The van der Waals surface area contributed by atoms with Crippen LogP contribution in [0.4, 0.5) is 11.6 Å². The topological polar surface area (TPSA) is 131 Å². The molecular weight excluding hydrogens is 614 g/mol. The molecule has 0 saturated carbocycles. The average Bonchev–Trinajstić information content (AvgIpc) is 3.00. The van der Waals surface area contributed by atoms with Crippen LogP contribution in [0.5, 0.6) is 5.88 Å². The van der Waals surface area contributed by atoms with Crippen molar-refractivity contribution in [1.29, 1.82) is 0 Å². The van der Waals surface area contributed by atoms with Gasteiger partial charge in [-0.1, -0.05) is 45.0 Å². The van der Waals surface area contributed by atoms with E-state index in [-0.39, 0.29) is 46.8 Å². The van der Waals surface area contributed by atoms with Crippen molar-refractivity contribution < 1.29 is 17.9 Å². The first-order chi connectivity index (χ1) is 22.3. The molecule has 2 aliphatic heterocycles. The van der Waals surface area contributed by atoms with Gasteiger partial charge < -0.3 is 14.5 Å². The molecule has 246 valence electrons. The minimum Gasteiger partial charge on any atom is -0.475 e. The Morgan fingerprint density at radius 2 is 1.70 bits per heavy atom. The zero-order valence-corrected chi connectivity index (χ0v) is 28.5. The summed E-state index contributed by atoms with van der Waals surface area (Å²) in [6.07, 6.45) is 5.31. The molecule has 1 saturated heterocycles. The van der Waals surface area contributed by atoms with Crippen molar-refractivity contribution in [3.05, 3.63) is 83.4 Å². The van der Waals surface area contributed by atoms with Crippen molar-refractivity contribution in [1.82, 2.24) is 24.8 Å². The third-order valence-corrected chi connectivity index (χ3v) is 10.0. The summed E-state index contributed by atoms with van der Waals surface area (Å²) in [5.74, 6) is 0.199. The van der Waals surface area contributed by atoms with Crippen LogP contribution >= 0.6 is 0 Å². The number of aromatic nitrogens is 4. The summed E-state index contributed by atoms with van der Waals surface area (Å²) in [7, 11) is -4.17. The highest BCUT2D eigenvalue weighted by atomic mass is 32.2. The standard InChI is InChI=1S/C35H41N7O4S/c1-22-9-7-10-23(2)32(22)29-16-31-39-34(38-29)40-47(44,45)28-12-8-11-25(15-28)33(43)42(26(21-46-31)17-35(4,5)6)20-30-36-18-27(19-37-30)41-14-13-24(41)3/h7-12,15-16,18-19,24,26H,13-14,17,20-21H2,1-6H3,(H,38,39,40)/t24-,26-/m1/s1. The van der Waals surface area contributed by atoms with Gasteiger partial charge in [0.25, 0.3) is 15.9 Å². The summed E-state index contributed by atoms with van der Waals surface area (Å²) in [6.45, 7) is 13.6. The van der Waals surface area contributed by atoms with Crippen molar-refractivity contribution in [2.24, 2.45) is 5.41 Å². The number of hydrogen-bond acceptors (Lipinski definition) is 9. The lowest BCUT2D eigenvalue weighted by Gasteiger charge is -2.40. The Balaban J connectivity index is 1.45. The molecule has 2 aliphatic rings. The molecule has 12 heteroatoms. The van der Waals surface area contributed by atoms with Crippen LogP contribution in [0.25, 0.3) is 11.3 Å². The molecule has 11 nitrogen and oxygen atoms in total. The van der Waals surface area contributed by atoms with E-state index in [0.29, 0.717) is 24.0 Å². The van der Waals surface area contributed by atoms with Crippen LogP contribution in [0, 0.1) is 19.3 Å². The Morgan fingerprint density at radius 3 is 2.34 bits per heavy atom. The van der Waals surface area contributed by atoms with Crippen LogP contribution in [0.2, 0.25) is 0 Å². The molecular formula is C35H41N7O4S. The molecule has 4 heterocycles. The summed E-state index contributed by atoms with van der Waals surface area (Å²) in [6, 6.07) is 13.6. The maximum absolute atomic E-state index is 14.4. The van der Waals surface area contributed by atoms with Crippen LogP contribution in [0.3, 0.4) is 0 Å². The first-order valence-corrected chi connectivity index (χ1v) is 17.4. The van der Waals surface area contributed by atoms with Gasteiger partial charge in [0.15, 0.2) is 0 Å². The van der Waals surface area contributed by atoms with Gasteiger partial charge in [0, 0.05) is 29.8 Å². The van der Waals surface area contributed by atoms with Gasteiger partial charge in [-0.3, -0.25) is 4.79 Å². The predicted octanol–water partition coefficient (Wildman–Crippen LogP) is 5.79. The SMILES string of the molecule is Cc1cccc(C)c1-c1cc2nc(n1)NS(=O)(=O)c1cccc(c1)C(=O)N(Cc1ncc(N3CC[C@H]3C)cn1)[C@H](CC(C)(C)C)CO2. The van der Waals surface area contributed by atoms with Crippen molar-refractivity contribution in [3.63, 3.8) is 0 Å². The summed E-state index contributed by atoms with van der Waals surface area (Å²) >= 11 is 0. The number of nitrogens with one attached hydrogen (secondary N) is 1. The van der Waals surface area contributed by atoms with E-state index < -0.39 is 16.1 Å². The van der Waals surface area contributed by atoms with Gasteiger partial charge in [0.2, 0.25) is 11.8 Å². The molecule has 4 bridgehead atoms. The second kappa shape index (κ2) is 12.6. The number of nitrogens with zero attached hydrogens (tertiary/aromatic N) is 6. The Kier molecular flexibility index (Phi) is 8.64. The van der Waals surface area contributed by atoms with E-state index in [1.165, 1.54) is 12.1 Å². The first-order valence-electron chi connectivity index (χ1n) is 15.9. The molecule has 4 aromatic rings. The largest absolute Gasteiger partial charge is 0.475 e. The lowest BCUT2D eigenvalue weighted by molar-refractivity contribution is 0.0505. The van der Waals surface area contributed by atoms with Gasteiger partial charge in [-0.05, 0) is 68.4 Å². The zero-order chi connectivity index (χ0) is 33.5. The smallest absolute Gasteiger partial charge is 0.264 e. The second-order valence-corrected chi connectivity index (χ2v) is 15.3. The van der Waals surface area contributed by atoms with Gasteiger partial charge in [0.1, 0.15) is 12.4 Å². The molecule has 2 atom stereocenters. The number of hydrogen-bond donors (Lipinski definition) is 1. The summed E-state index contributed by atoms with van der Waals surface area (Å²) in [4.78, 5) is 36.6. The maximum Gasteiger partial charge on any atom is 0.264 e. The molecule has 0 unspecified atom stereocenters. The number of rotatable bonds is 5. The number of fused-ring (bicyclic) bond motifs is 4. The van der Waals surface area contributed by atoms with Gasteiger partial charge in [-0.2, -0.15) is 4.98 Å². The third-order valence-electron chi connectivity index (χ3n) is 8.69. The number of amides is 1. The number of carbonyl (C=O) groups is 1. The Bertz CT molecular complexity index is 1890. The number of aryl methyl sites for hydroxylation is 2. The fourth-order valence-corrected chi connectivity index (χ4v) is 7.17. The normalized spacial score (nSPS) is 19.4. The van der Waals surface area contributed by atoms with Gasteiger partial charge in [-0.15, -0.1) is 0 Å². The fourth-order valence-electron chi connectivity index (χ4n) is 6.18. The van der Waals surface area contributed by atoms with Gasteiger partial charge in [-0.25, -0.2) is 28.1 Å². The predicted molar refractivity (Wildman–Crippen MR) is 181 cm³/mol. The van der Waals surface area contributed by atoms with Crippen molar-refractivity contribution in [2.45, 2.75) is 77.9 Å². The Labute approximate surface area is 276 Å². The highest BCUT2D eigenvalue weighted by Crippen LogP contribution is 2.32. The molecule has 0 radical (unpaired) electrons. The van der Waals surface area contributed by atoms with E-state index in [4.69, 9.17) is 4.74 Å². The van der Waals surface area contributed by atoms with Crippen LogP contribution in [-0.2, 0) is 16.6 Å². The molecule has 2 aromatic heterocycles. The number of benzene rings is 2. The molecule has 1 amide bonds. The molecule has 0 spiro atoms. The summed E-state index contributed by atoms with van der Waals surface area (Å²) in [5.41, 5.74) is 4.33. The highest BCUT2D eigenvalue weighted by Gasteiger charge is 2.32. The van der Waals surface area contributed by atoms with E-state index in [1.54, 1.807) is 35.5 Å². The minimum absolute atomic E-state index is 0.0808. The summed E-state index contributed by atoms with van der Waals surface area (Å²) in [5, 5.41) is 0. The van der Waals surface area contributed by atoms with Crippen LogP contribution < -0.4 is 14.4 Å². The van der Waals surface area contributed by atoms with E-state index in [9.17, 15) is 13.2 Å². The molecule has 1 N–H and O–H groups in total. The Hall–Kier alpha value is -4.58. The van der Waals surface area contributed by atoms with E-state index in [2.05, 4.69) is 57.3 Å². The molecule has 6 rings (SSSR count). The van der Waals surface area contributed by atoms with Crippen LogP contribution in [-0.4, -0.2) is 64.4 Å². The highest BCUT2D eigenvalue weighted by molar-refractivity contribution is 7.92. The van der Waals surface area contributed by atoms with Crippen molar-refractivity contribution in [3.8, 4) is 17.1 Å². The zero-order valence-electron chi connectivity index (χ0n) is 27.7. The minimum atomic E-state index is -4.17. The molecule has 1 fully saturated rings. The molecule has 47 heavy (non-hydrogen) atoms. The lowest BCUT2D eigenvalue weighted by Crippen LogP contribution is -2.46. The van der Waals surface area contributed by atoms with Crippen LogP contribution in [0.1, 0.15) is 67.8 Å². The number of sulfonamides is 1. The number of anilines is 2. The average molecular weight is 656 g/mol. The quantitative estimate of drug-likeness (QED) is 0.284. The maximum atomic E-state index is 14.4. The molecule has 0 aliphatic carbocycles. The fraction of sp³-hybridized carbons (Fsp3) is 0.400. The first kappa shape index (κ1) is 32.4. The third kappa shape index (κ3) is 7.07. The van der Waals surface area contributed by atoms with Crippen molar-refractivity contribution >= 4 is 27.6 Å². The van der Waals surface area contributed by atoms with Gasteiger partial charge >= 0.3 is 0 Å². The van der Waals surface area contributed by atoms with E-state index >= 15 is 0 Å². The van der Waals surface area contributed by atoms with Crippen molar-refractivity contribution in [2.75, 3.05) is 22.8 Å². The monoisotopic (exact) mass is 655 g/mol. The number of ether oxygens (including phenoxy) is 1. The summed E-state index contributed by atoms with van der Waals surface area (Å²) < 4.78 is 36.2. The molecule has 2 aromatic carbocycles. The van der Waals surface area contributed by atoms with E-state index in [1.807, 2.05) is 32.0 Å². The lowest BCUT2D eigenvalue weighted by atomic mass is 9.87. The van der Waals surface area contributed by atoms with E-state index in [0.717, 1.165) is 35.3 Å². The van der Waals surface area contributed by atoms with Crippen LogP contribution in [0.15, 0.2) is 65.8 Å². The number of carbonyl (C=O) groups excluding carboxylic acids is 1. The second-order valence-electron chi connectivity index (χ2n) is 13.7. The Morgan fingerprint density at radius 1 is 1.00 bits per heavy atom. The van der Waals surface area contributed by atoms with Gasteiger partial charge in [0.05, 0.1) is 41.3 Å².